The Morgan fingerprint density at radius 3 is 0.793 bits per heavy atom. The van der Waals surface area contributed by atoms with Crippen LogP contribution in [0.2, 0.25) is 0 Å². The van der Waals surface area contributed by atoms with Crippen molar-refractivity contribution in [3.63, 3.8) is 0 Å². The molecule has 0 aromatic heterocycles. The van der Waals surface area contributed by atoms with E-state index >= 15 is 0 Å². The first-order chi connectivity index (χ1) is 11.3. The zero-order chi connectivity index (χ0) is 18.8. The maximum absolute atomic E-state index is 2.27. The van der Waals surface area contributed by atoms with Gasteiger partial charge in [-0.15, -0.1) is 0 Å². The van der Waals surface area contributed by atoms with Gasteiger partial charge in [0.2, 0.25) is 0 Å². The molecule has 1 heteroatoms. The van der Waals surface area contributed by atoms with Crippen LogP contribution in [0.3, 0.4) is 0 Å². The van der Waals surface area contributed by atoms with Crippen LogP contribution in [0.5, 0.6) is 0 Å². The molecule has 1 aliphatic rings. The predicted octanol–water partition coefficient (Wildman–Crippen LogP) is 11.0. The molecule has 180 valence electrons. The minimum Gasteiger partial charge on any atom is -0.0885 e. The van der Waals surface area contributed by atoms with Crippen molar-refractivity contribution in [1.29, 1.82) is 0 Å². The molecular formula is C28H58Pd. The minimum absolute atomic E-state index is 0. The Kier molecular flexibility index (Phi) is 55.9. The fourth-order valence-electron chi connectivity index (χ4n) is 1.14. The van der Waals surface area contributed by atoms with Gasteiger partial charge >= 0.3 is 0 Å². The second kappa shape index (κ2) is 34.8. The van der Waals surface area contributed by atoms with Crippen LogP contribution < -0.4 is 0 Å². The van der Waals surface area contributed by atoms with E-state index in [2.05, 4.69) is 67.5 Å². The van der Waals surface area contributed by atoms with Crippen LogP contribution in [0.1, 0.15) is 111 Å². The molecule has 0 N–H and O–H groups in total. The maximum Gasteiger partial charge on any atom is 0 e. The van der Waals surface area contributed by atoms with Gasteiger partial charge in [-0.2, -0.15) is 0 Å². The van der Waals surface area contributed by atoms with Gasteiger partial charge < -0.3 is 0 Å². The van der Waals surface area contributed by atoms with E-state index in [0.29, 0.717) is 0 Å². The zero-order valence-electron chi connectivity index (χ0n) is 17.9. The van der Waals surface area contributed by atoms with Gasteiger partial charge in [-0.1, -0.05) is 117 Å². The summed E-state index contributed by atoms with van der Waals surface area (Å²) in [5, 5.41) is 0. The van der Waals surface area contributed by atoms with E-state index in [-0.39, 0.29) is 50.1 Å². The Morgan fingerprint density at radius 1 is 0.517 bits per heavy atom. The molecule has 0 amide bonds. The molecular weight excluding hydrogens is 443 g/mol. The van der Waals surface area contributed by atoms with Gasteiger partial charge in [-0.25, -0.2) is 0 Å². The largest absolute Gasteiger partial charge is 0.0885 e. The molecule has 1 aromatic rings. The fraction of sp³-hybridized carbons (Fsp3) is 0.643. The van der Waals surface area contributed by atoms with E-state index in [9.17, 15) is 0 Å². The average Bonchev–Trinajstić information content (AvgIpc) is 2.59. The Bertz CT molecular complexity index is 354. The fourth-order valence-corrected chi connectivity index (χ4v) is 1.14. The van der Waals surface area contributed by atoms with E-state index in [1.807, 2.05) is 36.4 Å². The number of allylic oxidation sites excluding steroid dienone is 4. The standard InChI is InChI=1S/C6H10.C6H6.C6H14.C6H12.4CH4.Pd/c2*1-2-4-6-5-3-1;2*1-5(2)6(3)4;;;;;/h1-2H,3-6H2;1-6H;5-6H,1-4H3;1-4H3;4*1H4;. The van der Waals surface area contributed by atoms with Crippen molar-refractivity contribution in [2.24, 2.45) is 11.8 Å². The van der Waals surface area contributed by atoms with Crippen molar-refractivity contribution >= 4 is 0 Å². The first-order valence-electron chi connectivity index (χ1n) is 9.54. The number of hydrogen-bond acceptors (Lipinski definition) is 0. The molecule has 0 spiro atoms. The van der Waals surface area contributed by atoms with Gasteiger partial charge in [-0.3, -0.25) is 0 Å². The predicted molar refractivity (Wildman–Crippen MR) is 140 cm³/mol. The zero-order valence-corrected chi connectivity index (χ0v) is 19.5. The Labute approximate surface area is 202 Å². The van der Waals surface area contributed by atoms with Crippen LogP contribution in [0, 0.1) is 11.8 Å². The normalized spacial score (nSPS) is 10.0. The molecule has 29 heavy (non-hydrogen) atoms. The Hall–Kier alpha value is -0.638. The van der Waals surface area contributed by atoms with Gasteiger partial charge in [0.1, 0.15) is 0 Å². The Balaban J connectivity index is -0.0000000421. The molecule has 1 aromatic carbocycles. The second-order valence-corrected chi connectivity index (χ2v) is 7.40. The molecule has 0 atom stereocenters. The summed E-state index contributed by atoms with van der Waals surface area (Å²) in [5.74, 6) is 1.70. The number of benzene rings is 1. The molecule has 0 fully saturated rings. The SMILES string of the molecule is C.C.C.C.C1=CCCCC1.CC(C)=C(C)C.CC(C)C(C)C.[Pd].c1ccccc1. The van der Waals surface area contributed by atoms with Crippen molar-refractivity contribution in [1.82, 2.24) is 0 Å². The second-order valence-electron chi connectivity index (χ2n) is 7.40. The summed E-state index contributed by atoms with van der Waals surface area (Å²) < 4.78 is 0. The summed E-state index contributed by atoms with van der Waals surface area (Å²) in [6, 6.07) is 12.0. The quantitative estimate of drug-likeness (QED) is 0.265. The van der Waals surface area contributed by atoms with Crippen molar-refractivity contribution in [2.45, 2.75) is 111 Å². The number of hydrogen-bond donors (Lipinski definition) is 0. The van der Waals surface area contributed by atoms with Gasteiger partial charge in [-0.05, 0) is 65.2 Å². The summed E-state index contributed by atoms with van der Waals surface area (Å²) in [7, 11) is 0. The topological polar surface area (TPSA) is 0 Å². The van der Waals surface area contributed by atoms with Gasteiger partial charge in [0, 0.05) is 20.4 Å². The van der Waals surface area contributed by atoms with E-state index in [4.69, 9.17) is 0 Å². The number of rotatable bonds is 1. The molecule has 0 unspecified atom stereocenters. The van der Waals surface area contributed by atoms with E-state index < -0.39 is 0 Å². The average molecular weight is 501 g/mol. The van der Waals surface area contributed by atoms with Gasteiger partial charge in [0.15, 0.2) is 0 Å². The van der Waals surface area contributed by atoms with Gasteiger partial charge in [0.05, 0.1) is 0 Å². The van der Waals surface area contributed by atoms with Gasteiger partial charge in [0.25, 0.3) is 0 Å². The van der Waals surface area contributed by atoms with Crippen LogP contribution in [-0.2, 0) is 20.4 Å². The summed E-state index contributed by atoms with van der Waals surface area (Å²) in [6.07, 6.45) is 10.0. The molecule has 2 rings (SSSR count). The van der Waals surface area contributed by atoms with Crippen LogP contribution in [-0.4, -0.2) is 0 Å². The summed E-state index contributed by atoms with van der Waals surface area (Å²) in [5.41, 5.74) is 2.85. The van der Waals surface area contributed by atoms with Crippen LogP contribution in [0.15, 0.2) is 59.7 Å². The van der Waals surface area contributed by atoms with Crippen LogP contribution in [0.4, 0.5) is 0 Å². The molecule has 0 bridgehead atoms. The van der Waals surface area contributed by atoms with Crippen LogP contribution in [0.25, 0.3) is 0 Å². The summed E-state index contributed by atoms with van der Waals surface area (Å²) >= 11 is 0. The minimum atomic E-state index is 0. The van der Waals surface area contributed by atoms with Crippen molar-refractivity contribution in [3.05, 3.63) is 59.7 Å². The maximum atomic E-state index is 2.27. The van der Waals surface area contributed by atoms with Crippen molar-refractivity contribution < 1.29 is 20.4 Å². The molecule has 0 aliphatic heterocycles. The summed E-state index contributed by atoms with van der Waals surface area (Å²) in [6.45, 7) is 17.4. The molecule has 0 radical (unpaired) electrons. The molecule has 1 aliphatic carbocycles. The molecule has 0 saturated carbocycles. The smallest absolute Gasteiger partial charge is 0 e. The monoisotopic (exact) mass is 500 g/mol. The van der Waals surface area contributed by atoms with E-state index in [0.717, 1.165) is 11.8 Å². The summed E-state index contributed by atoms with van der Waals surface area (Å²) in [4.78, 5) is 0. The van der Waals surface area contributed by atoms with E-state index in [1.54, 1.807) is 0 Å². The van der Waals surface area contributed by atoms with Crippen LogP contribution >= 0.6 is 0 Å². The van der Waals surface area contributed by atoms with Crippen molar-refractivity contribution in [3.8, 4) is 0 Å². The van der Waals surface area contributed by atoms with E-state index in [1.165, 1.54) is 36.8 Å². The van der Waals surface area contributed by atoms with Crippen molar-refractivity contribution in [2.75, 3.05) is 0 Å². The molecule has 0 saturated heterocycles. The third-order valence-corrected chi connectivity index (χ3v) is 4.16. The first kappa shape index (κ1) is 46.5. The third kappa shape index (κ3) is 46.9. The Morgan fingerprint density at radius 2 is 0.724 bits per heavy atom. The molecule has 0 nitrogen and oxygen atoms in total. The third-order valence-electron chi connectivity index (χ3n) is 4.16. The molecule has 0 heterocycles. The first-order valence-corrected chi connectivity index (χ1v) is 9.54.